The van der Waals surface area contributed by atoms with Crippen molar-refractivity contribution >= 4 is 11.7 Å². The van der Waals surface area contributed by atoms with Gasteiger partial charge in [-0.3, -0.25) is 9.59 Å². The molecule has 0 radical (unpaired) electrons. The summed E-state index contributed by atoms with van der Waals surface area (Å²) in [5, 5.41) is 0. The minimum atomic E-state index is -0.562. The monoisotopic (exact) mass is 419 g/mol. The fourth-order valence-corrected chi connectivity index (χ4v) is 3.67. The maximum Gasteiger partial charge on any atom is 0.254 e. The van der Waals surface area contributed by atoms with E-state index in [1.54, 1.807) is 60.4 Å². The molecule has 0 saturated carbocycles. The van der Waals surface area contributed by atoms with Crippen molar-refractivity contribution in [3.8, 4) is 5.88 Å². The Morgan fingerprint density at radius 1 is 1.06 bits per heavy atom. The summed E-state index contributed by atoms with van der Waals surface area (Å²) in [7, 11) is 0. The number of hydrogen-bond acceptors (Lipinski definition) is 5. The van der Waals surface area contributed by atoms with Gasteiger partial charge in [-0.2, -0.15) is 9.37 Å². The third-order valence-electron chi connectivity index (χ3n) is 5.31. The summed E-state index contributed by atoms with van der Waals surface area (Å²) in [6, 6.07) is 15.7. The van der Waals surface area contributed by atoms with E-state index in [0.717, 1.165) is 0 Å². The number of carbonyl (C=O) groups is 2. The highest BCUT2D eigenvalue weighted by Gasteiger charge is 2.31. The minimum Gasteiger partial charge on any atom is -0.470 e. The molecule has 1 fully saturated rings. The summed E-state index contributed by atoms with van der Waals surface area (Å²) >= 11 is 0. The van der Waals surface area contributed by atoms with Gasteiger partial charge in [0.25, 0.3) is 11.8 Å². The van der Waals surface area contributed by atoms with E-state index < -0.39 is 5.82 Å². The van der Waals surface area contributed by atoms with E-state index in [0.29, 0.717) is 41.8 Å². The Kier molecular flexibility index (Phi) is 6.02. The molecule has 3 aromatic rings. The quantitative estimate of drug-likeness (QED) is 0.570. The number of likely N-dealkylation sites (tertiary alicyclic amines) is 1. The molecule has 4 rings (SSSR count). The van der Waals surface area contributed by atoms with Crippen molar-refractivity contribution in [1.29, 1.82) is 0 Å². The second-order valence-corrected chi connectivity index (χ2v) is 7.31. The number of ether oxygens (including phenoxy) is 1. The Labute approximate surface area is 179 Å². The predicted octanol–water partition coefficient (Wildman–Crippen LogP) is 3.70. The Morgan fingerprint density at radius 3 is 2.52 bits per heavy atom. The molecular weight excluding hydrogens is 397 g/mol. The summed E-state index contributed by atoms with van der Waals surface area (Å²) < 4.78 is 20.1. The number of benzene rings is 2. The van der Waals surface area contributed by atoms with Crippen LogP contribution in [0, 0.1) is 5.82 Å². The van der Waals surface area contributed by atoms with Crippen LogP contribution in [0.5, 0.6) is 5.88 Å². The summed E-state index contributed by atoms with van der Waals surface area (Å²) in [6.45, 7) is 2.54. The van der Waals surface area contributed by atoms with E-state index >= 15 is 0 Å². The molecule has 158 valence electrons. The van der Waals surface area contributed by atoms with Crippen molar-refractivity contribution in [2.75, 3.05) is 13.1 Å². The molecule has 0 unspecified atom stereocenters. The number of ketones is 1. The van der Waals surface area contributed by atoms with Gasteiger partial charge in [-0.25, -0.2) is 4.98 Å². The number of halogens is 1. The van der Waals surface area contributed by atoms with Crippen LogP contribution in [-0.2, 0) is 6.42 Å². The Balaban J connectivity index is 1.50. The van der Waals surface area contributed by atoms with Crippen LogP contribution in [0.25, 0.3) is 0 Å². The summed E-state index contributed by atoms with van der Waals surface area (Å²) in [4.78, 5) is 35.5. The lowest BCUT2D eigenvalue weighted by atomic mass is 9.97. The van der Waals surface area contributed by atoms with Crippen molar-refractivity contribution in [1.82, 2.24) is 14.9 Å². The van der Waals surface area contributed by atoms with Gasteiger partial charge < -0.3 is 9.64 Å². The molecule has 2 aromatic carbocycles. The van der Waals surface area contributed by atoms with Crippen LogP contribution >= 0.6 is 0 Å². The topological polar surface area (TPSA) is 72.4 Å². The molecule has 1 aliphatic heterocycles. The third-order valence-corrected chi connectivity index (χ3v) is 5.31. The van der Waals surface area contributed by atoms with Gasteiger partial charge in [0.05, 0.1) is 17.8 Å². The van der Waals surface area contributed by atoms with Crippen molar-refractivity contribution < 1.29 is 18.7 Å². The Morgan fingerprint density at radius 2 is 1.77 bits per heavy atom. The second kappa shape index (κ2) is 9.04. The SMILES string of the molecule is CCc1ncnc(O[C@H]2CCN(C(=O)c3ccccc3C(=O)c3ccccc3)C2)c1F. The van der Waals surface area contributed by atoms with Gasteiger partial charge in [0.1, 0.15) is 12.4 Å². The molecule has 1 aliphatic rings. The zero-order valence-electron chi connectivity index (χ0n) is 17.1. The van der Waals surface area contributed by atoms with E-state index in [9.17, 15) is 14.0 Å². The highest BCUT2D eigenvalue weighted by molar-refractivity contribution is 6.15. The van der Waals surface area contributed by atoms with Crippen molar-refractivity contribution in [2.45, 2.75) is 25.9 Å². The van der Waals surface area contributed by atoms with E-state index in [-0.39, 0.29) is 30.2 Å². The highest BCUT2D eigenvalue weighted by atomic mass is 19.1. The molecule has 31 heavy (non-hydrogen) atoms. The maximum atomic E-state index is 14.4. The van der Waals surface area contributed by atoms with Crippen LogP contribution in [0.4, 0.5) is 4.39 Å². The fraction of sp³-hybridized carbons (Fsp3) is 0.250. The van der Waals surface area contributed by atoms with Gasteiger partial charge in [-0.1, -0.05) is 55.5 Å². The molecule has 7 heteroatoms. The first-order chi connectivity index (χ1) is 15.1. The Hall–Kier alpha value is -3.61. The van der Waals surface area contributed by atoms with Crippen LogP contribution in [0.1, 0.15) is 45.3 Å². The molecule has 0 spiro atoms. The zero-order chi connectivity index (χ0) is 21.8. The van der Waals surface area contributed by atoms with Crippen LogP contribution in [0.15, 0.2) is 60.9 Å². The van der Waals surface area contributed by atoms with E-state index in [1.165, 1.54) is 6.33 Å². The first-order valence-electron chi connectivity index (χ1n) is 10.2. The molecular formula is C24H22FN3O3. The normalized spacial score (nSPS) is 15.7. The van der Waals surface area contributed by atoms with Gasteiger partial charge in [0.15, 0.2) is 5.78 Å². The number of aromatic nitrogens is 2. The lowest BCUT2D eigenvalue weighted by Crippen LogP contribution is -2.32. The standard InChI is InChI=1S/C24H22FN3O3/c1-2-20-21(25)23(27-15-26-20)31-17-12-13-28(14-17)24(30)19-11-7-6-10-18(19)22(29)16-8-4-3-5-9-16/h3-11,15,17H,2,12-14H2,1H3/t17-/m0/s1. The lowest BCUT2D eigenvalue weighted by molar-refractivity contribution is 0.0765. The summed E-state index contributed by atoms with van der Waals surface area (Å²) in [6.07, 6.45) is 1.88. The zero-order valence-corrected chi connectivity index (χ0v) is 17.1. The van der Waals surface area contributed by atoms with E-state index in [2.05, 4.69) is 9.97 Å². The lowest BCUT2D eigenvalue weighted by Gasteiger charge is -2.19. The first-order valence-corrected chi connectivity index (χ1v) is 10.2. The third kappa shape index (κ3) is 4.30. The average molecular weight is 419 g/mol. The molecule has 0 N–H and O–H groups in total. The number of carbonyl (C=O) groups excluding carboxylic acids is 2. The van der Waals surface area contributed by atoms with Gasteiger partial charge in [0, 0.05) is 24.1 Å². The molecule has 1 atom stereocenters. The minimum absolute atomic E-state index is 0.0918. The summed E-state index contributed by atoms with van der Waals surface area (Å²) in [5.41, 5.74) is 1.52. The molecule has 0 aliphatic carbocycles. The molecule has 0 bridgehead atoms. The van der Waals surface area contributed by atoms with Gasteiger partial charge in [-0.05, 0) is 12.5 Å². The second-order valence-electron chi connectivity index (χ2n) is 7.31. The summed E-state index contributed by atoms with van der Waals surface area (Å²) in [5.74, 6) is -1.10. The number of nitrogens with zero attached hydrogens (tertiary/aromatic N) is 3. The van der Waals surface area contributed by atoms with Gasteiger partial charge in [-0.15, -0.1) is 0 Å². The van der Waals surface area contributed by atoms with E-state index in [4.69, 9.17) is 4.74 Å². The van der Waals surface area contributed by atoms with Crippen LogP contribution in [-0.4, -0.2) is 45.8 Å². The van der Waals surface area contributed by atoms with Gasteiger partial charge >= 0.3 is 0 Å². The predicted molar refractivity (Wildman–Crippen MR) is 113 cm³/mol. The molecule has 1 aromatic heterocycles. The molecule has 1 saturated heterocycles. The first kappa shape index (κ1) is 20.7. The maximum absolute atomic E-state index is 14.4. The number of amides is 1. The van der Waals surface area contributed by atoms with Crippen LogP contribution in [0.3, 0.4) is 0 Å². The average Bonchev–Trinajstić information content (AvgIpc) is 3.28. The number of aryl methyl sites for hydroxylation is 1. The smallest absolute Gasteiger partial charge is 0.254 e. The molecule has 1 amide bonds. The number of rotatable bonds is 6. The van der Waals surface area contributed by atoms with E-state index in [1.807, 2.05) is 6.07 Å². The molecule has 2 heterocycles. The number of hydrogen-bond donors (Lipinski definition) is 0. The molecule has 6 nitrogen and oxygen atoms in total. The Bertz CT molecular complexity index is 1100. The largest absolute Gasteiger partial charge is 0.470 e. The highest BCUT2D eigenvalue weighted by Crippen LogP contribution is 2.23. The van der Waals surface area contributed by atoms with Gasteiger partial charge in [0.2, 0.25) is 5.82 Å². The van der Waals surface area contributed by atoms with Crippen LogP contribution in [0.2, 0.25) is 0 Å². The van der Waals surface area contributed by atoms with Crippen molar-refractivity contribution in [3.05, 3.63) is 89.1 Å². The fourth-order valence-electron chi connectivity index (χ4n) is 3.67. The van der Waals surface area contributed by atoms with Crippen LogP contribution < -0.4 is 4.74 Å². The van der Waals surface area contributed by atoms with Crippen molar-refractivity contribution in [3.63, 3.8) is 0 Å². The van der Waals surface area contributed by atoms with Crippen molar-refractivity contribution in [2.24, 2.45) is 0 Å².